The van der Waals surface area contributed by atoms with Gasteiger partial charge in [0.2, 0.25) is 0 Å². The minimum atomic E-state index is -0.461. The molecule has 1 aliphatic rings. The van der Waals surface area contributed by atoms with Crippen LogP contribution in [0.15, 0.2) is 0 Å². The number of amides is 1. The van der Waals surface area contributed by atoms with E-state index in [9.17, 15) is 4.79 Å². The van der Waals surface area contributed by atoms with Crippen LogP contribution < -0.4 is 5.32 Å². The molecule has 1 N–H and O–H groups in total. The van der Waals surface area contributed by atoms with Crippen molar-refractivity contribution < 1.29 is 9.53 Å². The van der Waals surface area contributed by atoms with Gasteiger partial charge in [-0.2, -0.15) is 0 Å². The highest BCUT2D eigenvalue weighted by molar-refractivity contribution is 7.80. The van der Waals surface area contributed by atoms with Crippen molar-refractivity contribution in [3.8, 4) is 0 Å². The van der Waals surface area contributed by atoms with Crippen molar-refractivity contribution in [2.75, 3.05) is 6.61 Å². The van der Waals surface area contributed by atoms with Crippen molar-refractivity contribution >= 4 is 23.4 Å². The fourth-order valence-electron chi connectivity index (χ4n) is 2.14. The van der Waals surface area contributed by atoms with Gasteiger partial charge in [-0.25, -0.2) is 4.79 Å². The minimum absolute atomic E-state index is 0.361. The normalized spacial score (nSPS) is 25.1. The van der Waals surface area contributed by atoms with Crippen LogP contribution in [0.1, 0.15) is 40.0 Å². The van der Waals surface area contributed by atoms with Gasteiger partial charge in [-0.1, -0.05) is 0 Å². The first-order valence-electron chi connectivity index (χ1n) is 5.82. The number of alkyl carbamates (subject to hydrolysis) is 1. The molecule has 0 aromatic carbocycles. The lowest BCUT2D eigenvalue weighted by molar-refractivity contribution is 0.151. The van der Waals surface area contributed by atoms with E-state index in [1.807, 2.05) is 0 Å². The maximum Gasteiger partial charge on any atom is 0.413 e. The maximum absolute atomic E-state index is 11.3. The van der Waals surface area contributed by atoms with Crippen molar-refractivity contribution in [2.24, 2.45) is 0 Å². The molecular weight excluding hydrogens is 224 g/mol. The maximum atomic E-state index is 11.3. The molecular formula is C11H20N2O2S. The van der Waals surface area contributed by atoms with Crippen LogP contribution in [0.5, 0.6) is 0 Å². The van der Waals surface area contributed by atoms with Crippen molar-refractivity contribution in [1.82, 2.24) is 10.2 Å². The molecule has 0 saturated carbocycles. The van der Waals surface area contributed by atoms with Crippen molar-refractivity contribution in [3.05, 3.63) is 0 Å². The number of nitrogens with zero attached hydrogens (tertiary/aromatic N) is 1. The molecule has 4 nitrogen and oxygen atoms in total. The van der Waals surface area contributed by atoms with Gasteiger partial charge in [0.1, 0.15) is 0 Å². The number of hydrogen-bond acceptors (Lipinski definition) is 3. The van der Waals surface area contributed by atoms with Gasteiger partial charge < -0.3 is 9.64 Å². The first-order chi connectivity index (χ1) is 7.56. The van der Waals surface area contributed by atoms with Crippen LogP contribution in [0.3, 0.4) is 0 Å². The molecule has 1 fully saturated rings. The van der Waals surface area contributed by atoms with E-state index in [1.165, 1.54) is 6.42 Å². The Bertz CT molecular complexity index is 261. The van der Waals surface area contributed by atoms with Crippen molar-refractivity contribution in [2.45, 2.75) is 52.1 Å². The Labute approximate surface area is 102 Å². The summed E-state index contributed by atoms with van der Waals surface area (Å²) in [5, 5.41) is 3.09. The van der Waals surface area contributed by atoms with Gasteiger partial charge in [0, 0.05) is 12.1 Å². The second-order valence-electron chi connectivity index (χ2n) is 4.19. The smallest absolute Gasteiger partial charge is 0.413 e. The molecule has 1 saturated heterocycles. The molecule has 0 bridgehead atoms. The summed E-state index contributed by atoms with van der Waals surface area (Å²) >= 11 is 5.23. The van der Waals surface area contributed by atoms with Gasteiger partial charge in [-0.15, -0.1) is 0 Å². The molecule has 1 rings (SSSR count). The number of piperidine rings is 1. The molecule has 0 spiro atoms. The first-order valence-corrected chi connectivity index (χ1v) is 6.23. The van der Waals surface area contributed by atoms with Gasteiger partial charge in [-0.05, 0) is 52.3 Å². The standard InChI is InChI=1S/C11H20N2O2S/c1-4-15-11(14)12-10(16)13-8(2)6-5-7-9(13)3/h8-9H,4-7H2,1-3H3,(H,12,14,16)/t8-,9-/m0/s1. The zero-order valence-corrected chi connectivity index (χ0v) is 11.0. The van der Waals surface area contributed by atoms with E-state index in [1.54, 1.807) is 6.92 Å². The number of carbonyl (C=O) groups excluding carboxylic acids is 1. The monoisotopic (exact) mass is 244 g/mol. The lowest BCUT2D eigenvalue weighted by atomic mass is 9.98. The van der Waals surface area contributed by atoms with Crippen molar-refractivity contribution in [1.29, 1.82) is 0 Å². The molecule has 0 unspecified atom stereocenters. The highest BCUT2D eigenvalue weighted by Gasteiger charge is 2.27. The lowest BCUT2D eigenvalue weighted by Crippen LogP contribution is -2.52. The molecule has 1 aliphatic heterocycles. The zero-order valence-electron chi connectivity index (χ0n) is 10.2. The fourth-order valence-corrected chi connectivity index (χ4v) is 2.58. The predicted molar refractivity (Wildman–Crippen MR) is 67.4 cm³/mol. The zero-order chi connectivity index (χ0) is 12.1. The van der Waals surface area contributed by atoms with Crippen molar-refractivity contribution in [3.63, 3.8) is 0 Å². The third-order valence-corrected chi connectivity index (χ3v) is 3.23. The average Bonchev–Trinajstić information content (AvgIpc) is 2.17. The number of rotatable bonds is 1. The molecule has 16 heavy (non-hydrogen) atoms. The summed E-state index contributed by atoms with van der Waals surface area (Å²) in [6.07, 6.45) is 3.00. The van der Waals surface area contributed by atoms with E-state index in [2.05, 4.69) is 24.1 Å². The third kappa shape index (κ3) is 3.33. The first kappa shape index (κ1) is 13.2. The Morgan fingerprint density at radius 2 is 2.00 bits per heavy atom. The molecule has 0 aromatic rings. The summed E-state index contributed by atoms with van der Waals surface area (Å²) in [5.41, 5.74) is 0. The molecule has 0 radical (unpaired) electrons. The number of nitrogens with one attached hydrogen (secondary N) is 1. The Morgan fingerprint density at radius 1 is 1.44 bits per heavy atom. The minimum Gasteiger partial charge on any atom is -0.450 e. The Kier molecular flexibility index (Phi) is 4.99. The van der Waals surface area contributed by atoms with Gasteiger partial charge in [0.25, 0.3) is 0 Å². The van der Waals surface area contributed by atoms with Gasteiger partial charge in [0.05, 0.1) is 6.61 Å². The van der Waals surface area contributed by atoms with Crippen LogP contribution in [-0.2, 0) is 4.74 Å². The molecule has 92 valence electrons. The van der Waals surface area contributed by atoms with E-state index in [0.29, 0.717) is 23.8 Å². The SMILES string of the molecule is CCOC(=O)NC(=S)N1[C@@H](C)CCC[C@@H]1C. The summed E-state index contributed by atoms with van der Waals surface area (Å²) in [5.74, 6) is 0. The predicted octanol–water partition coefficient (Wildman–Crippen LogP) is 2.28. The summed E-state index contributed by atoms with van der Waals surface area (Å²) in [6, 6.07) is 0.774. The second-order valence-corrected chi connectivity index (χ2v) is 4.57. The Morgan fingerprint density at radius 3 is 2.50 bits per heavy atom. The van der Waals surface area contributed by atoms with E-state index in [0.717, 1.165) is 12.8 Å². The molecule has 1 amide bonds. The largest absolute Gasteiger partial charge is 0.450 e. The Hall–Kier alpha value is -0.840. The van der Waals surface area contributed by atoms with E-state index >= 15 is 0 Å². The van der Waals surface area contributed by atoms with E-state index in [-0.39, 0.29) is 0 Å². The summed E-state index contributed by atoms with van der Waals surface area (Å²) in [7, 11) is 0. The van der Waals surface area contributed by atoms with Crippen LogP contribution in [0.25, 0.3) is 0 Å². The van der Waals surface area contributed by atoms with Crippen LogP contribution in [0.2, 0.25) is 0 Å². The number of thiocarbonyl (C=S) groups is 1. The lowest BCUT2D eigenvalue weighted by Gasteiger charge is -2.40. The molecule has 0 aromatic heterocycles. The van der Waals surface area contributed by atoms with Gasteiger partial charge >= 0.3 is 6.09 Å². The number of carbonyl (C=O) groups is 1. The highest BCUT2D eigenvalue weighted by Crippen LogP contribution is 2.22. The quantitative estimate of drug-likeness (QED) is 0.719. The number of likely N-dealkylation sites (tertiary alicyclic amines) is 1. The number of hydrogen-bond donors (Lipinski definition) is 1. The molecule has 5 heteroatoms. The van der Waals surface area contributed by atoms with Crippen LogP contribution in [0, 0.1) is 0 Å². The Balaban J connectivity index is 2.54. The van der Waals surface area contributed by atoms with E-state index < -0.39 is 6.09 Å². The van der Waals surface area contributed by atoms with Crippen LogP contribution >= 0.6 is 12.2 Å². The molecule has 2 atom stereocenters. The fraction of sp³-hybridized carbons (Fsp3) is 0.818. The van der Waals surface area contributed by atoms with Crippen LogP contribution in [0.4, 0.5) is 4.79 Å². The van der Waals surface area contributed by atoms with Gasteiger partial charge in [0.15, 0.2) is 5.11 Å². The molecule has 0 aliphatic carbocycles. The summed E-state index contributed by atoms with van der Waals surface area (Å²) < 4.78 is 4.81. The number of ether oxygens (including phenoxy) is 1. The second kappa shape index (κ2) is 6.03. The topological polar surface area (TPSA) is 41.6 Å². The molecule has 1 heterocycles. The third-order valence-electron chi connectivity index (χ3n) is 2.91. The highest BCUT2D eigenvalue weighted by atomic mass is 32.1. The van der Waals surface area contributed by atoms with E-state index in [4.69, 9.17) is 17.0 Å². The summed E-state index contributed by atoms with van der Waals surface area (Å²) in [6.45, 7) is 6.40. The summed E-state index contributed by atoms with van der Waals surface area (Å²) in [4.78, 5) is 13.4. The average molecular weight is 244 g/mol. The van der Waals surface area contributed by atoms with Gasteiger partial charge in [-0.3, -0.25) is 5.32 Å². The van der Waals surface area contributed by atoms with Crippen LogP contribution in [-0.4, -0.2) is 34.8 Å².